The van der Waals surface area contributed by atoms with Crippen molar-refractivity contribution in [3.05, 3.63) is 0 Å². The van der Waals surface area contributed by atoms with Gasteiger partial charge in [0.2, 0.25) is 0 Å². The highest BCUT2D eigenvalue weighted by molar-refractivity contribution is 4.57. The van der Waals surface area contributed by atoms with Crippen LogP contribution in [0.25, 0.3) is 0 Å². The number of unbranched alkanes of at least 4 members (excludes halogenated alkanes) is 4. The molecule has 1 atom stereocenters. The third kappa shape index (κ3) is 12.2. The van der Waals surface area contributed by atoms with Crippen LogP contribution in [0.2, 0.25) is 0 Å². The van der Waals surface area contributed by atoms with Gasteiger partial charge in [0.15, 0.2) is 0 Å². The minimum absolute atomic E-state index is 0.413. The van der Waals surface area contributed by atoms with Crippen LogP contribution in [0.5, 0.6) is 0 Å². The Kier molecular flexibility index (Phi) is 13.9. The Balaban J connectivity index is 3.34. The third-order valence-corrected chi connectivity index (χ3v) is 3.01. The van der Waals surface area contributed by atoms with E-state index in [1.807, 2.05) is 0 Å². The van der Waals surface area contributed by atoms with Crippen LogP contribution in [0.4, 0.5) is 0 Å². The van der Waals surface area contributed by atoms with Gasteiger partial charge < -0.3 is 9.47 Å². The van der Waals surface area contributed by atoms with Crippen molar-refractivity contribution >= 4 is 0 Å². The zero-order valence-corrected chi connectivity index (χ0v) is 12.2. The van der Waals surface area contributed by atoms with Crippen LogP contribution in [-0.4, -0.2) is 25.9 Å². The van der Waals surface area contributed by atoms with Crippen LogP contribution in [-0.2, 0) is 9.47 Å². The van der Waals surface area contributed by atoms with E-state index in [0.717, 1.165) is 26.2 Å². The smallest absolute Gasteiger partial charge is 0.0596 e. The van der Waals surface area contributed by atoms with Crippen LogP contribution in [0.3, 0.4) is 0 Å². The van der Waals surface area contributed by atoms with E-state index in [9.17, 15) is 0 Å². The van der Waals surface area contributed by atoms with E-state index in [4.69, 9.17) is 9.47 Å². The molecule has 0 saturated carbocycles. The average Bonchev–Trinajstić information content (AvgIpc) is 2.34. The fourth-order valence-electron chi connectivity index (χ4n) is 1.93. The molecule has 0 aliphatic rings. The molecule has 2 nitrogen and oxygen atoms in total. The highest BCUT2D eigenvalue weighted by Crippen LogP contribution is 2.09. The van der Waals surface area contributed by atoms with Crippen molar-refractivity contribution in [2.45, 2.75) is 78.2 Å². The van der Waals surface area contributed by atoms with Crippen molar-refractivity contribution < 1.29 is 9.47 Å². The van der Waals surface area contributed by atoms with Crippen LogP contribution >= 0.6 is 0 Å². The summed E-state index contributed by atoms with van der Waals surface area (Å²) in [4.78, 5) is 0. The molecular formula is C15H32O2. The summed E-state index contributed by atoms with van der Waals surface area (Å²) in [5, 5.41) is 0. The standard InChI is InChI=1S/C15H32O2/c1-4-7-9-10-13-16-14-12-15(17-6-3)11-8-5-2/h15H,4-14H2,1-3H3. The molecular weight excluding hydrogens is 212 g/mol. The third-order valence-electron chi connectivity index (χ3n) is 3.01. The first-order chi connectivity index (χ1) is 8.35. The van der Waals surface area contributed by atoms with Gasteiger partial charge in [0.25, 0.3) is 0 Å². The number of rotatable bonds is 13. The SMILES string of the molecule is CCCCCCOCCC(CCCC)OCC. The molecule has 0 radical (unpaired) electrons. The van der Waals surface area contributed by atoms with E-state index in [1.54, 1.807) is 0 Å². The summed E-state index contributed by atoms with van der Waals surface area (Å²) in [7, 11) is 0. The maximum atomic E-state index is 5.71. The first-order valence-electron chi connectivity index (χ1n) is 7.54. The van der Waals surface area contributed by atoms with Crippen LogP contribution in [0, 0.1) is 0 Å². The summed E-state index contributed by atoms with van der Waals surface area (Å²) >= 11 is 0. The maximum Gasteiger partial charge on any atom is 0.0596 e. The van der Waals surface area contributed by atoms with Gasteiger partial charge in [0.05, 0.1) is 6.10 Å². The summed E-state index contributed by atoms with van der Waals surface area (Å²) in [6.07, 6.45) is 10.3. The molecule has 0 amide bonds. The van der Waals surface area contributed by atoms with E-state index in [2.05, 4.69) is 20.8 Å². The predicted octanol–water partition coefficient (Wildman–Crippen LogP) is 4.57. The van der Waals surface area contributed by atoms with Gasteiger partial charge in [0.1, 0.15) is 0 Å². The lowest BCUT2D eigenvalue weighted by molar-refractivity contribution is 0.0214. The average molecular weight is 244 g/mol. The highest BCUT2D eigenvalue weighted by Gasteiger charge is 2.07. The quantitative estimate of drug-likeness (QED) is 0.442. The van der Waals surface area contributed by atoms with Crippen molar-refractivity contribution in [2.75, 3.05) is 19.8 Å². The number of ether oxygens (including phenoxy) is 2. The summed E-state index contributed by atoms with van der Waals surface area (Å²) in [5.41, 5.74) is 0. The Morgan fingerprint density at radius 3 is 2.18 bits per heavy atom. The van der Waals surface area contributed by atoms with Gasteiger partial charge in [-0.15, -0.1) is 0 Å². The molecule has 0 fully saturated rings. The highest BCUT2D eigenvalue weighted by atomic mass is 16.5. The van der Waals surface area contributed by atoms with E-state index in [-0.39, 0.29) is 0 Å². The Hall–Kier alpha value is -0.0800. The minimum Gasteiger partial charge on any atom is -0.381 e. The molecule has 104 valence electrons. The molecule has 2 heteroatoms. The van der Waals surface area contributed by atoms with Gasteiger partial charge in [-0.1, -0.05) is 46.0 Å². The lowest BCUT2D eigenvalue weighted by Crippen LogP contribution is -2.16. The monoisotopic (exact) mass is 244 g/mol. The largest absolute Gasteiger partial charge is 0.381 e. The zero-order valence-electron chi connectivity index (χ0n) is 12.2. The molecule has 17 heavy (non-hydrogen) atoms. The normalized spacial score (nSPS) is 12.9. The Bertz CT molecular complexity index is 137. The Morgan fingerprint density at radius 2 is 1.53 bits per heavy atom. The van der Waals surface area contributed by atoms with Gasteiger partial charge in [-0.2, -0.15) is 0 Å². The molecule has 0 aliphatic carbocycles. The van der Waals surface area contributed by atoms with Crippen LogP contribution < -0.4 is 0 Å². The Labute approximate surface area is 108 Å². The molecule has 0 aliphatic heterocycles. The van der Waals surface area contributed by atoms with Crippen LogP contribution in [0.15, 0.2) is 0 Å². The fourth-order valence-corrected chi connectivity index (χ4v) is 1.93. The van der Waals surface area contributed by atoms with Crippen molar-refractivity contribution in [2.24, 2.45) is 0 Å². The maximum absolute atomic E-state index is 5.71. The van der Waals surface area contributed by atoms with Gasteiger partial charge >= 0.3 is 0 Å². The molecule has 0 bridgehead atoms. The van der Waals surface area contributed by atoms with E-state index in [0.29, 0.717) is 6.10 Å². The molecule has 1 unspecified atom stereocenters. The molecule has 0 aromatic carbocycles. The fraction of sp³-hybridized carbons (Fsp3) is 1.00. The van der Waals surface area contributed by atoms with Crippen molar-refractivity contribution in [3.8, 4) is 0 Å². The van der Waals surface area contributed by atoms with Crippen LogP contribution in [0.1, 0.15) is 72.1 Å². The summed E-state index contributed by atoms with van der Waals surface area (Å²) in [6.45, 7) is 9.15. The van der Waals surface area contributed by atoms with Crippen molar-refractivity contribution in [1.29, 1.82) is 0 Å². The van der Waals surface area contributed by atoms with E-state index >= 15 is 0 Å². The lowest BCUT2D eigenvalue weighted by Gasteiger charge is -2.16. The Morgan fingerprint density at radius 1 is 0.765 bits per heavy atom. The molecule has 0 aromatic rings. The molecule has 0 heterocycles. The first-order valence-corrected chi connectivity index (χ1v) is 7.54. The zero-order chi connectivity index (χ0) is 12.8. The molecule has 0 aromatic heterocycles. The second kappa shape index (κ2) is 14.0. The second-order valence-electron chi connectivity index (χ2n) is 4.68. The number of hydrogen-bond donors (Lipinski definition) is 0. The summed E-state index contributed by atoms with van der Waals surface area (Å²) in [5.74, 6) is 0. The van der Waals surface area contributed by atoms with Gasteiger partial charge in [0, 0.05) is 19.8 Å². The minimum atomic E-state index is 0.413. The molecule has 0 spiro atoms. The number of hydrogen-bond acceptors (Lipinski definition) is 2. The first kappa shape index (κ1) is 16.9. The summed E-state index contributed by atoms with van der Waals surface area (Å²) in [6, 6.07) is 0. The predicted molar refractivity (Wildman–Crippen MR) is 74.5 cm³/mol. The topological polar surface area (TPSA) is 18.5 Å². The van der Waals surface area contributed by atoms with Crippen molar-refractivity contribution in [3.63, 3.8) is 0 Å². The van der Waals surface area contributed by atoms with E-state index < -0.39 is 0 Å². The van der Waals surface area contributed by atoms with Gasteiger partial charge in [-0.25, -0.2) is 0 Å². The molecule has 0 N–H and O–H groups in total. The van der Waals surface area contributed by atoms with Gasteiger partial charge in [-0.05, 0) is 26.2 Å². The molecule has 0 rings (SSSR count). The lowest BCUT2D eigenvalue weighted by atomic mass is 10.1. The summed E-state index contributed by atoms with van der Waals surface area (Å²) < 4.78 is 11.4. The van der Waals surface area contributed by atoms with Gasteiger partial charge in [-0.3, -0.25) is 0 Å². The second-order valence-corrected chi connectivity index (χ2v) is 4.68. The van der Waals surface area contributed by atoms with Crippen molar-refractivity contribution in [1.82, 2.24) is 0 Å². The van der Waals surface area contributed by atoms with E-state index in [1.165, 1.54) is 44.9 Å². The molecule has 0 saturated heterocycles.